The second kappa shape index (κ2) is 6.87. The van der Waals surface area contributed by atoms with Crippen molar-refractivity contribution in [3.8, 4) is 0 Å². The number of carbonyl (C=O) groups excluding carboxylic acids is 1. The molecule has 1 heterocycles. The molecule has 1 aliphatic heterocycles. The molecule has 2 rings (SSSR count). The van der Waals surface area contributed by atoms with E-state index in [9.17, 15) is 4.79 Å². The molecule has 0 atom stereocenters. The number of anilines is 1. The second-order valence-corrected chi connectivity index (χ2v) is 5.29. The van der Waals surface area contributed by atoms with Crippen molar-refractivity contribution >= 4 is 11.6 Å². The second-order valence-electron chi connectivity index (χ2n) is 5.29. The van der Waals surface area contributed by atoms with Crippen molar-refractivity contribution in [1.82, 2.24) is 0 Å². The average Bonchev–Trinajstić information content (AvgIpc) is 2.74. The predicted octanol–water partition coefficient (Wildman–Crippen LogP) is 2.53. The minimum atomic E-state index is -0.550. The fourth-order valence-electron chi connectivity index (χ4n) is 3.07. The van der Waals surface area contributed by atoms with Crippen LogP contribution >= 0.6 is 0 Å². The van der Waals surface area contributed by atoms with Crippen LogP contribution in [0.1, 0.15) is 18.4 Å². The Kier molecular flexibility index (Phi) is 5.15. The van der Waals surface area contributed by atoms with Crippen LogP contribution in [0.3, 0.4) is 0 Å². The van der Waals surface area contributed by atoms with E-state index in [2.05, 4.69) is 6.58 Å². The molecule has 1 amide bonds. The first-order valence-electron chi connectivity index (χ1n) is 7.21. The minimum Gasteiger partial charge on any atom is -0.385 e. The van der Waals surface area contributed by atoms with Crippen LogP contribution in [0.15, 0.2) is 36.9 Å². The van der Waals surface area contributed by atoms with Crippen LogP contribution in [0, 0.1) is 0 Å². The van der Waals surface area contributed by atoms with Gasteiger partial charge in [-0.3, -0.25) is 4.79 Å². The lowest BCUT2D eigenvalue weighted by Crippen LogP contribution is -2.42. The molecule has 0 saturated heterocycles. The first kappa shape index (κ1) is 15.7. The van der Waals surface area contributed by atoms with Gasteiger partial charge in [-0.2, -0.15) is 0 Å². The third-order valence-electron chi connectivity index (χ3n) is 4.14. The highest BCUT2D eigenvalue weighted by Gasteiger charge is 2.49. The van der Waals surface area contributed by atoms with Gasteiger partial charge in [0.05, 0.1) is 5.41 Å². The number of benzene rings is 1. The predicted molar refractivity (Wildman–Crippen MR) is 83.7 cm³/mol. The molecular weight excluding hydrogens is 266 g/mol. The lowest BCUT2D eigenvalue weighted by atomic mass is 9.76. The molecule has 4 heteroatoms. The topological polar surface area (TPSA) is 38.8 Å². The number of methoxy groups -OCH3 is 2. The Morgan fingerprint density at radius 2 is 1.81 bits per heavy atom. The molecule has 1 aromatic rings. The van der Waals surface area contributed by atoms with Crippen LogP contribution in [0.2, 0.25) is 0 Å². The lowest BCUT2D eigenvalue weighted by molar-refractivity contribution is -0.124. The van der Waals surface area contributed by atoms with Crippen molar-refractivity contribution in [2.24, 2.45) is 0 Å². The van der Waals surface area contributed by atoms with Gasteiger partial charge in [0.2, 0.25) is 5.91 Å². The fraction of sp³-hybridized carbons (Fsp3) is 0.471. The lowest BCUT2D eigenvalue weighted by Gasteiger charge is -2.28. The van der Waals surface area contributed by atoms with E-state index in [0.717, 1.165) is 11.3 Å². The maximum Gasteiger partial charge on any atom is 0.238 e. The minimum absolute atomic E-state index is 0.123. The Hall–Kier alpha value is -1.65. The van der Waals surface area contributed by atoms with Crippen LogP contribution < -0.4 is 4.90 Å². The highest BCUT2D eigenvalue weighted by Crippen LogP contribution is 2.46. The normalized spacial score (nSPS) is 16.1. The van der Waals surface area contributed by atoms with Crippen molar-refractivity contribution in [2.75, 3.05) is 38.9 Å². The van der Waals surface area contributed by atoms with Gasteiger partial charge in [0, 0.05) is 39.7 Å². The molecule has 0 saturated carbocycles. The number of carbonyl (C=O) groups is 1. The van der Waals surface area contributed by atoms with Crippen LogP contribution in [-0.4, -0.2) is 39.9 Å². The summed E-state index contributed by atoms with van der Waals surface area (Å²) in [5.74, 6) is 0.123. The van der Waals surface area contributed by atoms with Gasteiger partial charge in [0.25, 0.3) is 0 Å². The Labute approximate surface area is 126 Å². The Bertz CT molecular complexity index is 505. The van der Waals surface area contributed by atoms with E-state index in [1.54, 1.807) is 20.3 Å². The zero-order valence-corrected chi connectivity index (χ0v) is 12.8. The van der Waals surface area contributed by atoms with Gasteiger partial charge in [0.15, 0.2) is 0 Å². The summed E-state index contributed by atoms with van der Waals surface area (Å²) in [4.78, 5) is 14.9. The number of ether oxygens (including phenoxy) is 2. The molecule has 0 bridgehead atoms. The highest BCUT2D eigenvalue weighted by atomic mass is 16.5. The number of hydrogen-bond donors (Lipinski definition) is 0. The first-order valence-corrected chi connectivity index (χ1v) is 7.21. The van der Waals surface area contributed by atoms with Crippen molar-refractivity contribution < 1.29 is 14.3 Å². The van der Waals surface area contributed by atoms with Gasteiger partial charge in [-0.25, -0.2) is 0 Å². The summed E-state index contributed by atoms with van der Waals surface area (Å²) in [5.41, 5.74) is 1.51. The Balaban J connectivity index is 2.46. The van der Waals surface area contributed by atoms with E-state index in [1.807, 2.05) is 29.2 Å². The van der Waals surface area contributed by atoms with Crippen molar-refractivity contribution in [3.05, 3.63) is 42.5 Å². The van der Waals surface area contributed by atoms with E-state index in [4.69, 9.17) is 9.47 Å². The molecule has 1 aliphatic rings. The van der Waals surface area contributed by atoms with Crippen molar-refractivity contribution in [3.63, 3.8) is 0 Å². The van der Waals surface area contributed by atoms with Gasteiger partial charge in [-0.05, 0) is 24.5 Å². The van der Waals surface area contributed by atoms with E-state index >= 15 is 0 Å². The summed E-state index contributed by atoms with van der Waals surface area (Å²) in [6.45, 7) is 5.38. The smallest absolute Gasteiger partial charge is 0.238 e. The number of fused-ring (bicyclic) bond motifs is 1. The standard InChI is InChI=1S/C17H23NO3/c1-4-11-18-15-8-6-5-7-14(15)17(16(18)19,9-12-20-2)10-13-21-3/h4-8H,1,9-13H2,2-3H3. The maximum atomic E-state index is 13.1. The maximum absolute atomic E-state index is 13.1. The van der Waals surface area contributed by atoms with Crippen molar-refractivity contribution in [2.45, 2.75) is 18.3 Å². The number of amides is 1. The summed E-state index contributed by atoms with van der Waals surface area (Å²) >= 11 is 0. The molecule has 0 unspecified atom stereocenters. The molecule has 0 radical (unpaired) electrons. The summed E-state index contributed by atoms with van der Waals surface area (Å²) in [5, 5.41) is 0. The average molecular weight is 289 g/mol. The Morgan fingerprint density at radius 1 is 1.19 bits per heavy atom. The van der Waals surface area contributed by atoms with Crippen LogP contribution in [0.4, 0.5) is 5.69 Å². The summed E-state index contributed by atoms with van der Waals surface area (Å²) in [6, 6.07) is 7.99. The highest BCUT2D eigenvalue weighted by molar-refractivity contribution is 6.08. The zero-order valence-electron chi connectivity index (χ0n) is 12.8. The van der Waals surface area contributed by atoms with Gasteiger partial charge in [0.1, 0.15) is 0 Å². The molecule has 0 fully saturated rings. The van der Waals surface area contributed by atoms with Gasteiger partial charge in [-0.15, -0.1) is 6.58 Å². The molecule has 4 nitrogen and oxygen atoms in total. The third-order valence-corrected chi connectivity index (χ3v) is 4.14. The van der Waals surface area contributed by atoms with E-state index in [1.165, 1.54) is 0 Å². The van der Waals surface area contributed by atoms with Crippen LogP contribution in [-0.2, 0) is 19.7 Å². The molecule has 1 aromatic carbocycles. The summed E-state index contributed by atoms with van der Waals surface area (Å²) in [7, 11) is 3.33. The largest absolute Gasteiger partial charge is 0.385 e. The molecule has 0 N–H and O–H groups in total. The quantitative estimate of drug-likeness (QED) is 0.690. The molecule has 21 heavy (non-hydrogen) atoms. The van der Waals surface area contributed by atoms with E-state index < -0.39 is 5.41 Å². The fourth-order valence-corrected chi connectivity index (χ4v) is 3.07. The molecular formula is C17H23NO3. The molecule has 0 spiro atoms. The van der Waals surface area contributed by atoms with Gasteiger partial charge >= 0.3 is 0 Å². The summed E-state index contributed by atoms with van der Waals surface area (Å²) in [6.07, 6.45) is 3.09. The SMILES string of the molecule is C=CCN1C(=O)C(CCOC)(CCOC)c2ccccc21. The van der Waals surface area contributed by atoms with Crippen molar-refractivity contribution in [1.29, 1.82) is 0 Å². The Morgan fingerprint density at radius 3 is 2.38 bits per heavy atom. The monoisotopic (exact) mass is 289 g/mol. The van der Waals surface area contributed by atoms with E-state index in [-0.39, 0.29) is 5.91 Å². The van der Waals surface area contributed by atoms with Gasteiger partial charge in [-0.1, -0.05) is 24.3 Å². The number of para-hydroxylation sites is 1. The van der Waals surface area contributed by atoms with Gasteiger partial charge < -0.3 is 14.4 Å². The first-order chi connectivity index (χ1) is 10.2. The summed E-state index contributed by atoms with van der Waals surface area (Å²) < 4.78 is 10.5. The number of hydrogen-bond acceptors (Lipinski definition) is 3. The number of rotatable bonds is 8. The molecule has 114 valence electrons. The van der Waals surface area contributed by atoms with E-state index in [0.29, 0.717) is 32.6 Å². The van der Waals surface area contributed by atoms with Crippen LogP contribution in [0.5, 0.6) is 0 Å². The number of nitrogens with zero attached hydrogens (tertiary/aromatic N) is 1. The third kappa shape index (κ3) is 2.74. The zero-order chi connectivity index (χ0) is 15.3. The van der Waals surface area contributed by atoms with Crippen LogP contribution in [0.25, 0.3) is 0 Å². The molecule has 0 aromatic heterocycles. The molecule has 0 aliphatic carbocycles.